The number of ether oxygens (including phenoxy) is 3. The van der Waals surface area contributed by atoms with Gasteiger partial charge in [0.1, 0.15) is 29.8 Å². The number of nitrogens with one attached hydrogen (secondary N) is 1. The molecule has 1 saturated heterocycles. The first-order chi connectivity index (χ1) is 19.7. The molecule has 0 spiro atoms. The average molecular weight is 608 g/mol. The lowest BCUT2D eigenvalue weighted by Gasteiger charge is -2.49. The second-order valence-corrected chi connectivity index (χ2v) is 10.9. The van der Waals surface area contributed by atoms with Crippen LogP contribution in [0.25, 0.3) is 10.4 Å². The highest BCUT2D eigenvalue weighted by molar-refractivity contribution is 8.00. The van der Waals surface area contributed by atoms with Gasteiger partial charge in [-0.25, -0.2) is 9.59 Å². The van der Waals surface area contributed by atoms with Gasteiger partial charge in [0, 0.05) is 28.6 Å². The van der Waals surface area contributed by atoms with Crippen LogP contribution in [0, 0.1) is 0 Å². The van der Waals surface area contributed by atoms with Crippen molar-refractivity contribution in [2.45, 2.75) is 55.7 Å². The van der Waals surface area contributed by atoms with E-state index in [1.165, 1.54) is 29.7 Å². The van der Waals surface area contributed by atoms with E-state index in [0.717, 1.165) is 18.0 Å². The molecule has 5 atom stereocenters. The standard InChI is InChI=1S/C22H25N9O8S2/c1-10-9-13(20(34)37-11(2)38-22(35)36-8-7-25-30-24)31-18(33)15(19(31)40-10)26-17(32)14(16-27-21(23)41-29-16)28-39-12-5-3-4-6-12/h3,5,9-12,15,19H,4,6-8H2,1-2H3,(H,26,32)(H2,23,27,29)/t10?,11?,12?,15?,19-/m1/s1. The van der Waals surface area contributed by atoms with E-state index in [1.54, 1.807) is 6.92 Å². The van der Waals surface area contributed by atoms with Crippen molar-refractivity contribution in [1.29, 1.82) is 0 Å². The zero-order chi connectivity index (χ0) is 29.5. The van der Waals surface area contributed by atoms with E-state index >= 15 is 0 Å². The number of fused-ring (bicyclic) bond motifs is 1. The van der Waals surface area contributed by atoms with Crippen LogP contribution < -0.4 is 11.1 Å². The lowest BCUT2D eigenvalue weighted by Crippen LogP contribution is -2.71. The molecular weight excluding hydrogens is 582 g/mol. The smallest absolute Gasteiger partial charge is 0.434 e. The molecule has 1 aromatic heterocycles. The Labute approximate surface area is 240 Å². The van der Waals surface area contributed by atoms with Crippen LogP contribution in [-0.2, 0) is 33.4 Å². The van der Waals surface area contributed by atoms with Crippen molar-refractivity contribution >= 4 is 58.1 Å². The van der Waals surface area contributed by atoms with E-state index in [0.29, 0.717) is 6.42 Å². The van der Waals surface area contributed by atoms with Crippen LogP contribution in [0.15, 0.2) is 34.2 Å². The van der Waals surface area contributed by atoms with Gasteiger partial charge < -0.3 is 30.1 Å². The number of rotatable bonds is 11. The van der Waals surface area contributed by atoms with Crippen LogP contribution >= 0.6 is 23.3 Å². The number of hydrogen-bond acceptors (Lipinski definition) is 15. The number of hydrogen-bond donors (Lipinski definition) is 2. The fourth-order valence-electron chi connectivity index (χ4n) is 3.88. The molecule has 0 bridgehead atoms. The molecule has 218 valence electrons. The van der Waals surface area contributed by atoms with Gasteiger partial charge in [0.05, 0.1) is 6.54 Å². The molecule has 3 aliphatic rings. The summed E-state index contributed by atoms with van der Waals surface area (Å²) in [6.45, 7) is 2.78. The highest BCUT2D eigenvalue weighted by Crippen LogP contribution is 2.41. The molecule has 3 N–H and O–H groups in total. The Kier molecular flexibility index (Phi) is 9.64. The molecule has 4 rings (SSSR count). The number of nitrogens with two attached hydrogens (primary N) is 1. The Balaban J connectivity index is 1.38. The summed E-state index contributed by atoms with van der Waals surface area (Å²) in [5, 5.41) is 9.05. The maximum atomic E-state index is 13.2. The summed E-state index contributed by atoms with van der Waals surface area (Å²) in [5.74, 6) is -2.29. The van der Waals surface area contributed by atoms with Crippen LogP contribution in [0.4, 0.5) is 9.93 Å². The Morgan fingerprint density at radius 1 is 1.37 bits per heavy atom. The van der Waals surface area contributed by atoms with Crippen molar-refractivity contribution < 1.29 is 38.2 Å². The van der Waals surface area contributed by atoms with Gasteiger partial charge in [-0.15, -0.1) is 11.8 Å². The summed E-state index contributed by atoms with van der Waals surface area (Å²) in [6.07, 6.45) is 4.01. The zero-order valence-electron chi connectivity index (χ0n) is 21.7. The van der Waals surface area contributed by atoms with E-state index in [9.17, 15) is 19.2 Å². The number of carbonyl (C=O) groups is 4. The SMILES string of the molecule is CC(OC(=O)OCCN=[N+]=[N-])OC(=O)C1=CC(C)S[C@@H]2C(NC(=O)C(=NOC3C=CCC3)c3nsc(N)n3)C(=O)N12. The minimum Gasteiger partial charge on any atom is -0.434 e. The summed E-state index contributed by atoms with van der Waals surface area (Å²) >= 11 is 2.21. The molecular formula is C22H25N9O8S2. The molecule has 19 heteroatoms. The second-order valence-electron chi connectivity index (χ2n) is 8.63. The summed E-state index contributed by atoms with van der Waals surface area (Å²) in [5.41, 5.74) is 13.6. The maximum absolute atomic E-state index is 13.2. The van der Waals surface area contributed by atoms with Crippen molar-refractivity contribution in [1.82, 2.24) is 19.6 Å². The molecule has 2 amide bonds. The molecule has 0 radical (unpaired) electrons. The highest BCUT2D eigenvalue weighted by atomic mass is 32.2. The molecule has 0 saturated carbocycles. The second kappa shape index (κ2) is 13.3. The first kappa shape index (κ1) is 29.6. The quantitative estimate of drug-likeness (QED) is 0.0349. The minimum absolute atomic E-state index is 0.0465. The lowest BCUT2D eigenvalue weighted by atomic mass is 10.0. The molecule has 1 fully saturated rings. The van der Waals surface area contributed by atoms with Crippen molar-refractivity contribution in [3.05, 3.63) is 40.2 Å². The number of carbonyl (C=O) groups excluding carboxylic acids is 4. The fraction of sp³-hybridized carbons (Fsp3) is 0.500. The number of aromatic nitrogens is 2. The van der Waals surface area contributed by atoms with Gasteiger partial charge in [-0.2, -0.15) is 9.36 Å². The Morgan fingerprint density at radius 3 is 2.85 bits per heavy atom. The number of esters is 1. The summed E-state index contributed by atoms with van der Waals surface area (Å²) in [7, 11) is 0. The number of amides is 2. The topological polar surface area (TPSA) is 233 Å². The molecule has 2 aliphatic heterocycles. The Hall–Kier alpha value is -4.35. The predicted molar refractivity (Wildman–Crippen MR) is 144 cm³/mol. The van der Waals surface area contributed by atoms with Gasteiger partial charge in [-0.3, -0.25) is 14.5 Å². The number of β-lactam (4-membered cyclic amide) rings is 1. The van der Waals surface area contributed by atoms with Gasteiger partial charge >= 0.3 is 12.1 Å². The monoisotopic (exact) mass is 607 g/mol. The summed E-state index contributed by atoms with van der Waals surface area (Å²) in [6, 6.07) is -1.00. The molecule has 4 unspecified atom stereocenters. The number of nitrogen functional groups attached to an aromatic ring is 1. The van der Waals surface area contributed by atoms with Gasteiger partial charge in [-0.1, -0.05) is 16.3 Å². The third-order valence-corrected chi connectivity index (χ3v) is 7.54. The fourth-order valence-corrected chi connectivity index (χ4v) is 5.64. The van der Waals surface area contributed by atoms with Crippen molar-refractivity contribution in [3.8, 4) is 0 Å². The first-order valence-corrected chi connectivity index (χ1v) is 14.0. The van der Waals surface area contributed by atoms with E-state index in [2.05, 4.69) is 29.9 Å². The molecule has 0 aromatic carbocycles. The van der Waals surface area contributed by atoms with Crippen LogP contribution in [0.1, 0.15) is 32.5 Å². The number of nitrogens with zero attached hydrogens (tertiary/aromatic N) is 7. The van der Waals surface area contributed by atoms with Crippen LogP contribution in [-0.4, -0.2) is 86.1 Å². The molecule has 41 heavy (non-hydrogen) atoms. The van der Waals surface area contributed by atoms with Crippen molar-refractivity contribution in [2.75, 3.05) is 18.9 Å². The van der Waals surface area contributed by atoms with Gasteiger partial charge in [0.25, 0.3) is 11.8 Å². The average Bonchev–Trinajstić information content (AvgIpc) is 3.61. The largest absolute Gasteiger partial charge is 0.511 e. The van der Waals surface area contributed by atoms with E-state index in [1.807, 2.05) is 12.2 Å². The number of allylic oxidation sites excluding steroid dienone is 1. The Morgan fingerprint density at radius 2 is 2.17 bits per heavy atom. The number of azide groups is 1. The highest BCUT2D eigenvalue weighted by Gasteiger charge is 2.54. The zero-order valence-corrected chi connectivity index (χ0v) is 23.4. The predicted octanol–water partition coefficient (Wildman–Crippen LogP) is 1.58. The van der Waals surface area contributed by atoms with E-state index < -0.39 is 41.6 Å². The molecule has 1 aliphatic carbocycles. The van der Waals surface area contributed by atoms with Crippen LogP contribution in [0.3, 0.4) is 0 Å². The van der Waals surface area contributed by atoms with Gasteiger partial charge in [0.2, 0.25) is 17.8 Å². The number of oxime groups is 1. The third kappa shape index (κ3) is 7.24. The molecule has 17 nitrogen and oxygen atoms in total. The molecule has 1 aromatic rings. The maximum Gasteiger partial charge on any atom is 0.511 e. The number of thioether (sulfide) groups is 1. The third-order valence-electron chi connectivity index (χ3n) is 5.67. The summed E-state index contributed by atoms with van der Waals surface area (Å²) < 4.78 is 18.7. The van der Waals surface area contributed by atoms with E-state index in [-0.39, 0.29) is 46.9 Å². The first-order valence-electron chi connectivity index (χ1n) is 12.2. The van der Waals surface area contributed by atoms with Crippen LogP contribution in [0.2, 0.25) is 0 Å². The van der Waals surface area contributed by atoms with Crippen LogP contribution in [0.5, 0.6) is 0 Å². The lowest BCUT2D eigenvalue weighted by molar-refractivity contribution is -0.168. The number of anilines is 1. The van der Waals surface area contributed by atoms with E-state index in [4.69, 9.17) is 30.3 Å². The normalized spacial score (nSPS) is 23.8. The van der Waals surface area contributed by atoms with Gasteiger partial charge in [-0.05, 0) is 37.4 Å². The van der Waals surface area contributed by atoms with Crippen molar-refractivity contribution in [2.24, 2.45) is 10.3 Å². The van der Waals surface area contributed by atoms with Crippen molar-refractivity contribution in [3.63, 3.8) is 0 Å². The molecule has 3 heterocycles. The minimum atomic E-state index is -1.35. The van der Waals surface area contributed by atoms with Gasteiger partial charge in [0.15, 0.2) is 5.13 Å². The summed E-state index contributed by atoms with van der Waals surface area (Å²) in [4.78, 5) is 64.1. The Bertz CT molecular complexity index is 1340.